The SMILES string of the molecule is O=S(=O)(CF)c1ccc(C2=CC3(C=C2c2ccc(F)c(C(F)(F)F)c2)CC3)cc1. The highest BCUT2D eigenvalue weighted by Gasteiger charge is 2.43. The van der Waals surface area contributed by atoms with E-state index in [1.54, 1.807) is 0 Å². The Morgan fingerprint density at radius 2 is 1.45 bits per heavy atom. The Labute approximate surface area is 164 Å². The zero-order valence-electron chi connectivity index (χ0n) is 14.9. The molecule has 2 nitrogen and oxygen atoms in total. The molecule has 0 aliphatic heterocycles. The van der Waals surface area contributed by atoms with Gasteiger partial charge in [0, 0.05) is 5.41 Å². The van der Waals surface area contributed by atoms with Crippen molar-refractivity contribution in [2.45, 2.75) is 23.9 Å². The first kappa shape index (κ1) is 19.8. The summed E-state index contributed by atoms with van der Waals surface area (Å²) >= 11 is 0. The molecule has 0 saturated heterocycles. The number of hydrogen-bond acceptors (Lipinski definition) is 2. The van der Waals surface area contributed by atoms with Gasteiger partial charge in [-0.1, -0.05) is 30.4 Å². The molecule has 1 saturated carbocycles. The summed E-state index contributed by atoms with van der Waals surface area (Å²) in [6.07, 6.45) is 0.700. The molecule has 2 aliphatic carbocycles. The van der Waals surface area contributed by atoms with Gasteiger partial charge in [-0.2, -0.15) is 13.2 Å². The van der Waals surface area contributed by atoms with E-state index in [0.29, 0.717) is 16.7 Å². The molecular weight excluding hydrogens is 411 g/mol. The number of rotatable bonds is 4. The molecule has 2 aromatic carbocycles. The highest BCUT2D eigenvalue weighted by atomic mass is 32.2. The minimum atomic E-state index is -4.82. The van der Waals surface area contributed by atoms with E-state index in [4.69, 9.17) is 0 Å². The van der Waals surface area contributed by atoms with Crippen LogP contribution in [0.25, 0.3) is 11.1 Å². The Kier molecular flexibility index (Phi) is 4.45. The van der Waals surface area contributed by atoms with Crippen LogP contribution >= 0.6 is 0 Å². The van der Waals surface area contributed by atoms with E-state index < -0.39 is 33.4 Å². The average Bonchev–Trinajstić information content (AvgIpc) is 3.32. The molecule has 1 spiro atoms. The summed E-state index contributed by atoms with van der Waals surface area (Å²) in [7, 11) is -4.01. The van der Waals surface area contributed by atoms with Crippen molar-refractivity contribution in [2.24, 2.45) is 5.41 Å². The zero-order chi connectivity index (χ0) is 21.0. The van der Waals surface area contributed by atoms with E-state index in [1.165, 1.54) is 30.3 Å². The molecule has 0 amide bonds. The molecule has 152 valence electrons. The number of allylic oxidation sites excluding steroid dienone is 4. The molecule has 1 fully saturated rings. The van der Waals surface area contributed by atoms with Crippen LogP contribution in [-0.4, -0.2) is 14.4 Å². The van der Waals surface area contributed by atoms with Gasteiger partial charge >= 0.3 is 6.18 Å². The second kappa shape index (κ2) is 6.52. The molecule has 8 heteroatoms. The van der Waals surface area contributed by atoms with E-state index in [1.807, 2.05) is 12.2 Å². The van der Waals surface area contributed by atoms with Gasteiger partial charge in [0.2, 0.25) is 9.84 Å². The fourth-order valence-corrected chi connectivity index (χ4v) is 4.17. The Morgan fingerprint density at radius 1 is 0.897 bits per heavy atom. The van der Waals surface area contributed by atoms with Crippen LogP contribution in [0.1, 0.15) is 29.5 Å². The molecule has 0 atom stereocenters. The van der Waals surface area contributed by atoms with E-state index in [0.717, 1.165) is 25.0 Å². The molecule has 0 heterocycles. The Morgan fingerprint density at radius 3 is 1.97 bits per heavy atom. The highest BCUT2D eigenvalue weighted by molar-refractivity contribution is 7.91. The number of halogens is 5. The fourth-order valence-electron chi connectivity index (χ4n) is 3.50. The van der Waals surface area contributed by atoms with Gasteiger partial charge in [0.1, 0.15) is 5.82 Å². The lowest BCUT2D eigenvalue weighted by atomic mass is 9.94. The topological polar surface area (TPSA) is 34.1 Å². The molecule has 2 aromatic rings. The zero-order valence-corrected chi connectivity index (χ0v) is 15.7. The second-order valence-corrected chi connectivity index (χ2v) is 9.21. The molecule has 4 rings (SSSR count). The van der Waals surface area contributed by atoms with E-state index in [9.17, 15) is 30.4 Å². The van der Waals surface area contributed by atoms with Crippen molar-refractivity contribution < 1.29 is 30.4 Å². The van der Waals surface area contributed by atoms with E-state index in [-0.39, 0.29) is 15.9 Å². The monoisotopic (exact) mass is 426 g/mol. The summed E-state index contributed by atoms with van der Waals surface area (Å²) in [5.74, 6) is -1.34. The lowest BCUT2D eigenvalue weighted by Crippen LogP contribution is -2.08. The molecule has 0 N–H and O–H groups in total. The van der Waals surface area contributed by atoms with Crippen molar-refractivity contribution in [1.29, 1.82) is 0 Å². The highest BCUT2D eigenvalue weighted by Crippen LogP contribution is 2.57. The maximum atomic E-state index is 13.7. The fraction of sp³-hybridized carbons (Fsp3) is 0.238. The Balaban J connectivity index is 1.77. The minimum absolute atomic E-state index is 0.171. The first-order chi connectivity index (χ1) is 13.5. The van der Waals surface area contributed by atoms with Gasteiger partial charge in [-0.05, 0) is 59.4 Å². The summed E-state index contributed by atoms with van der Waals surface area (Å²) in [6, 6.07) is 6.91. The van der Waals surface area contributed by atoms with Crippen LogP contribution in [0.5, 0.6) is 0 Å². The van der Waals surface area contributed by atoms with Crippen LogP contribution < -0.4 is 0 Å². The predicted octanol–water partition coefficient (Wildman–Crippen LogP) is 5.81. The number of hydrogen-bond donors (Lipinski definition) is 0. The summed E-state index contributed by atoms with van der Waals surface area (Å²) in [6.45, 7) is 0. The van der Waals surface area contributed by atoms with Gasteiger partial charge < -0.3 is 0 Å². The lowest BCUT2D eigenvalue weighted by Gasteiger charge is -2.14. The smallest absolute Gasteiger partial charge is 0.233 e. The molecule has 29 heavy (non-hydrogen) atoms. The second-order valence-electron chi connectivity index (χ2n) is 7.29. The minimum Gasteiger partial charge on any atom is -0.233 e. The van der Waals surface area contributed by atoms with Gasteiger partial charge in [-0.15, -0.1) is 0 Å². The first-order valence-electron chi connectivity index (χ1n) is 8.77. The third kappa shape index (κ3) is 3.61. The van der Waals surface area contributed by atoms with Crippen molar-refractivity contribution in [1.82, 2.24) is 0 Å². The van der Waals surface area contributed by atoms with Crippen molar-refractivity contribution >= 4 is 21.0 Å². The van der Waals surface area contributed by atoms with Crippen LogP contribution in [0.4, 0.5) is 22.0 Å². The largest absolute Gasteiger partial charge is 0.419 e. The van der Waals surface area contributed by atoms with Crippen LogP contribution in [0, 0.1) is 11.2 Å². The van der Waals surface area contributed by atoms with Gasteiger partial charge in [0.25, 0.3) is 0 Å². The third-order valence-electron chi connectivity index (χ3n) is 5.23. The summed E-state index contributed by atoms with van der Waals surface area (Å²) in [5, 5.41) is 0. The lowest BCUT2D eigenvalue weighted by molar-refractivity contribution is -0.140. The van der Waals surface area contributed by atoms with Gasteiger partial charge in [-0.25, -0.2) is 17.2 Å². The van der Waals surface area contributed by atoms with Crippen LogP contribution in [0.2, 0.25) is 0 Å². The number of alkyl halides is 4. The summed E-state index contributed by atoms with van der Waals surface area (Å²) < 4.78 is 89.1. The Bertz CT molecular complexity index is 1140. The number of sulfone groups is 1. The molecule has 2 aliphatic rings. The summed E-state index contributed by atoms with van der Waals surface area (Å²) in [4.78, 5) is -0.171. The van der Waals surface area contributed by atoms with Crippen molar-refractivity contribution in [3.05, 3.63) is 77.1 Å². The quantitative estimate of drug-likeness (QED) is 0.579. The maximum absolute atomic E-state index is 13.7. The molecule has 0 radical (unpaired) electrons. The van der Waals surface area contributed by atoms with Crippen molar-refractivity contribution in [2.75, 3.05) is 6.01 Å². The van der Waals surface area contributed by atoms with Gasteiger partial charge in [0.05, 0.1) is 10.5 Å². The van der Waals surface area contributed by atoms with Gasteiger partial charge in [-0.3, -0.25) is 0 Å². The normalized spacial score (nSPS) is 18.0. The van der Waals surface area contributed by atoms with Crippen LogP contribution in [0.3, 0.4) is 0 Å². The first-order valence-corrected chi connectivity index (χ1v) is 10.4. The van der Waals surface area contributed by atoms with Crippen molar-refractivity contribution in [3.63, 3.8) is 0 Å². The van der Waals surface area contributed by atoms with Crippen LogP contribution in [-0.2, 0) is 16.0 Å². The average molecular weight is 426 g/mol. The Hall–Kier alpha value is -2.48. The van der Waals surface area contributed by atoms with Crippen LogP contribution in [0.15, 0.2) is 59.5 Å². The van der Waals surface area contributed by atoms with E-state index >= 15 is 0 Å². The molecular formula is C21H15F5O2S. The molecule has 0 unspecified atom stereocenters. The van der Waals surface area contributed by atoms with E-state index in [2.05, 4.69) is 0 Å². The number of benzene rings is 2. The maximum Gasteiger partial charge on any atom is 0.419 e. The third-order valence-corrected chi connectivity index (χ3v) is 6.51. The molecule has 0 aromatic heterocycles. The predicted molar refractivity (Wildman–Crippen MR) is 98.6 cm³/mol. The van der Waals surface area contributed by atoms with Gasteiger partial charge in [0.15, 0.2) is 6.01 Å². The molecule has 0 bridgehead atoms. The van der Waals surface area contributed by atoms with Crippen molar-refractivity contribution in [3.8, 4) is 0 Å². The summed E-state index contributed by atoms with van der Waals surface area (Å²) in [5.41, 5.74) is 0.433. The standard InChI is InChI=1S/C21H15F5O2S/c22-12-29(27,28)15-4-1-13(2-5-15)16-10-20(7-8-20)11-17(16)14-3-6-19(23)18(9-14)21(24,25)26/h1-6,9-11H,7-8,12H2.